The van der Waals surface area contributed by atoms with Crippen LogP contribution in [0.2, 0.25) is 0 Å². The monoisotopic (exact) mass is 116 g/mol. The van der Waals surface area contributed by atoms with Crippen LogP contribution in [0.25, 0.3) is 10.8 Å². The zero-order chi connectivity index (χ0) is 6.10. The summed E-state index contributed by atoms with van der Waals surface area (Å²) in [7, 11) is 1.81. The third-order valence-electron chi connectivity index (χ3n) is 1.35. The number of para-hydroxylation sites is 1. The molecule has 0 unspecified atom stereocenters. The van der Waals surface area contributed by atoms with Gasteiger partial charge >= 0.3 is 52.2 Å². The standard InChI is InChI=1S/C6H5BN2/c1-2-4-6-5(3-1)7-9-8-6/h1-4,8H. The summed E-state index contributed by atoms with van der Waals surface area (Å²) in [5, 5.41) is 7.91. The van der Waals surface area contributed by atoms with Crippen molar-refractivity contribution in [2.75, 3.05) is 0 Å². The van der Waals surface area contributed by atoms with Crippen LogP contribution >= 0.6 is 0 Å². The van der Waals surface area contributed by atoms with E-state index in [0.717, 1.165) is 10.8 Å². The van der Waals surface area contributed by atoms with E-state index in [9.17, 15) is 0 Å². The second-order valence-electron chi connectivity index (χ2n) is 1.96. The summed E-state index contributed by atoms with van der Waals surface area (Å²) in [6.45, 7) is 0. The number of nitrogens with one attached hydrogen (secondary N) is 1. The van der Waals surface area contributed by atoms with Crippen molar-refractivity contribution in [3.63, 3.8) is 0 Å². The zero-order valence-electron chi connectivity index (χ0n) is 4.83. The Labute approximate surface area is 53.1 Å². The molecule has 2 rings (SSSR count). The Kier molecular flexibility index (Phi) is 0.888. The van der Waals surface area contributed by atoms with Crippen molar-refractivity contribution in [1.82, 2.24) is 10.1 Å². The summed E-state index contributed by atoms with van der Waals surface area (Å²) >= 11 is 0. The first kappa shape index (κ1) is 4.73. The van der Waals surface area contributed by atoms with E-state index in [1.807, 2.05) is 31.3 Å². The van der Waals surface area contributed by atoms with E-state index in [2.05, 4.69) is 10.1 Å². The van der Waals surface area contributed by atoms with Gasteiger partial charge in [0.05, 0.1) is 0 Å². The number of benzene rings is 1. The molecule has 0 aliphatic rings. The molecule has 0 radical (unpaired) electrons. The number of hydrogen-bond donors (Lipinski definition) is 1. The number of hydrogen-bond acceptors (Lipinski definition) is 1. The van der Waals surface area contributed by atoms with E-state index in [4.69, 9.17) is 0 Å². The number of aromatic amines is 1. The Morgan fingerprint density at radius 1 is 1.33 bits per heavy atom. The van der Waals surface area contributed by atoms with E-state index in [0.29, 0.717) is 0 Å². The Morgan fingerprint density at radius 3 is 3.11 bits per heavy atom. The van der Waals surface area contributed by atoms with Crippen molar-refractivity contribution in [3.8, 4) is 0 Å². The quantitative estimate of drug-likeness (QED) is 0.544. The van der Waals surface area contributed by atoms with Crippen LogP contribution in [0, 0.1) is 0 Å². The van der Waals surface area contributed by atoms with Crippen LogP contribution in [-0.2, 0) is 0 Å². The molecule has 0 aliphatic heterocycles. The van der Waals surface area contributed by atoms with Gasteiger partial charge in [0.1, 0.15) is 0 Å². The molecule has 0 bridgehead atoms. The molecular weight excluding hydrogens is 111 g/mol. The Morgan fingerprint density at radius 2 is 2.22 bits per heavy atom. The van der Waals surface area contributed by atoms with Gasteiger partial charge in [-0.3, -0.25) is 0 Å². The summed E-state index contributed by atoms with van der Waals surface area (Å²) < 4.78 is 0. The number of nitrogens with zero attached hydrogens (tertiary/aromatic N) is 1. The molecule has 1 aromatic heterocycles. The van der Waals surface area contributed by atoms with Gasteiger partial charge in [-0.1, -0.05) is 0 Å². The van der Waals surface area contributed by atoms with E-state index >= 15 is 0 Å². The van der Waals surface area contributed by atoms with Crippen LogP contribution in [0.5, 0.6) is 0 Å². The van der Waals surface area contributed by atoms with Gasteiger partial charge in [-0.05, 0) is 0 Å². The third-order valence-corrected chi connectivity index (χ3v) is 1.35. The molecule has 1 N–H and O–H groups in total. The normalized spacial score (nSPS) is 9.78. The van der Waals surface area contributed by atoms with Crippen LogP contribution in [0.3, 0.4) is 0 Å². The van der Waals surface area contributed by atoms with Gasteiger partial charge < -0.3 is 0 Å². The maximum atomic E-state index is 3.88. The van der Waals surface area contributed by atoms with Crippen molar-refractivity contribution in [2.45, 2.75) is 0 Å². The minimum absolute atomic E-state index is 1.09. The molecule has 0 fully saturated rings. The summed E-state index contributed by atoms with van der Waals surface area (Å²) in [5.41, 5.74) is 1.09. The second kappa shape index (κ2) is 1.69. The van der Waals surface area contributed by atoms with Crippen molar-refractivity contribution in [2.24, 2.45) is 0 Å². The number of rotatable bonds is 0. The number of fused-ring (bicyclic) bond motifs is 1. The molecule has 9 heavy (non-hydrogen) atoms. The maximum absolute atomic E-state index is 3.88. The summed E-state index contributed by atoms with van der Waals surface area (Å²) in [4.78, 5) is 0. The first-order valence-electron chi connectivity index (χ1n) is 2.85. The summed E-state index contributed by atoms with van der Waals surface area (Å²) in [5.74, 6) is 0. The van der Waals surface area contributed by atoms with Gasteiger partial charge in [0.15, 0.2) is 0 Å². The molecule has 0 spiro atoms. The fourth-order valence-electron chi connectivity index (χ4n) is 0.883. The van der Waals surface area contributed by atoms with Gasteiger partial charge in [0, 0.05) is 0 Å². The second-order valence-corrected chi connectivity index (χ2v) is 1.96. The topological polar surface area (TPSA) is 28.7 Å². The Bertz CT molecular complexity index is 285. The first-order chi connectivity index (χ1) is 4.47. The van der Waals surface area contributed by atoms with Gasteiger partial charge in [0.25, 0.3) is 0 Å². The summed E-state index contributed by atoms with van der Waals surface area (Å²) in [6, 6.07) is 8.01. The van der Waals surface area contributed by atoms with Crippen LogP contribution in [-0.4, -0.2) is 17.2 Å². The number of aromatic nitrogens is 2. The van der Waals surface area contributed by atoms with Crippen LogP contribution < -0.4 is 0 Å². The first-order valence-corrected chi connectivity index (χ1v) is 2.85. The zero-order valence-corrected chi connectivity index (χ0v) is 4.83. The minimum atomic E-state index is 1.09. The average molecular weight is 116 g/mol. The molecule has 3 heteroatoms. The van der Waals surface area contributed by atoms with E-state index in [1.54, 1.807) is 0 Å². The van der Waals surface area contributed by atoms with Crippen molar-refractivity contribution < 1.29 is 0 Å². The van der Waals surface area contributed by atoms with Crippen LogP contribution in [0.4, 0.5) is 0 Å². The molecule has 0 aliphatic carbocycles. The predicted molar refractivity (Wildman–Crippen MR) is 37.4 cm³/mol. The van der Waals surface area contributed by atoms with Crippen molar-refractivity contribution in [1.29, 1.82) is 0 Å². The predicted octanol–water partition coefficient (Wildman–Crippen LogP) is 0.901. The molecule has 0 saturated heterocycles. The van der Waals surface area contributed by atoms with Gasteiger partial charge in [-0.25, -0.2) is 0 Å². The molecule has 0 atom stereocenters. The molecule has 2 aromatic rings. The van der Waals surface area contributed by atoms with Crippen molar-refractivity contribution >= 4 is 17.9 Å². The Hall–Kier alpha value is -1.12. The fourth-order valence-corrected chi connectivity index (χ4v) is 0.883. The molecule has 1 heterocycles. The van der Waals surface area contributed by atoms with Crippen LogP contribution in [0.1, 0.15) is 0 Å². The average Bonchev–Trinajstić information content (AvgIpc) is 2.33. The SMILES string of the molecule is b1n[nH]c2ccccc12. The fraction of sp³-hybridized carbons (Fsp3) is 0. The van der Waals surface area contributed by atoms with Gasteiger partial charge in [-0.15, -0.1) is 0 Å². The summed E-state index contributed by atoms with van der Waals surface area (Å²) in [6.07, 6.45) is 0. The molecule has 2 nitrogen and oxygen atoms in total. The van der Waals surface area contributed by atoms with E-state index in [-0.39, 0.29) is 0 Å². The molecular formula is C6H5BN2. The molecule has 0 amide bonds. The molecule has 1 aromatic carbocycles. The van der Waals surface area contributed by atoms with E-state index in [1.165, 1.54) is 0 Å². The van der Waals surface area contributed by atoms with Gasteiger partial charge in [0.2, 0.25) is 0 Å². The van der Waals surface area contributed by atoms with Gasteiger partial charge in [-0.2, -0.15) is 0 Å². The van der Waals surface area contributed by atoms with Crippen molar-refractivity contribution in [3.05, 3.63) is 24.3 Å². The molecule has 42 valence electrons. The van der Waals surface area contributed by atoms with Crippen LogP contribution in [0.15, 0.2) is 24.3 Å². The van der Waals surface area contributed by atoms with E-state index < -0.39 is 0 Å². The third kappa shape index (κ3) is 0.651. The number of H-pyrrole nitrogens is 1. The Balaban J connectivity index is 2.95. The molecule has 0 saturated carbocycles.